The van der Waals surface area contributed by atoms with Gasteiger partial charge in [0, 0.05) is 0 Å². The highest BCUT2D eigenvalue weighted by atomic mass is 32.2. The number of aryl methyl sites for hydroxylation is 1. The Hall–Kier alpha value is -1.60. The number of nitrogens with one attached hydrogen (secondary N) is 1. The van der Waals surface area contributed by atoms with Crippen LogP contribution in [0.25, 0.3) is 0 Å². The molecule has 0 spiro atoms. The van der Waals surface area contributed by atoms with E-state index < -0.39 is 0 Å². The molecular weight excluding hydrogens is 294 g/mol. The van der Waals surface area contributed by atoms with Crippen molar-refractivity contribution in [3.8, 4) is 5.75 Å². The van der Waals surface area contributed by atoms with E-state index in [0.29, 0.717) is 23.8 Å². The number of amides is 1. The molecule has 0 aliphatic heterocycles. The smallest absolute Gasteiger partial charge is 0.234 e. The lowest BCUT2D eigenvalue weighted by atomic mass is 10.2. The Balaban J connectivity index is 1.96. The lowest BCUT2D eigenvalue weighted by molar-refractivity contribution is -0.113. The number of nitrogens with zero attached hydrogens (tertiary/aromatic N) is 2. The number of ether oxygens (including phenoxy) is 1. The molecule has 0 aliphatic rings. The normalized spacial score (nSPS) is 10.3. The van der Waals surface area contributed by atoms with Gasteiger partial charge in [0.2, 0.25) is 5.91 Å². The summed E-state index contributed by atoms with van der Waals surface area (Å²) in [7, 11) is 0. The fourth-order valence-electron chi connectivity index (χ4n) is 1.55. The van der Waals surface area contributed by atoms with Crippen LogP contribution in [0.1, 0.15) is 12.5 Å². The third kappa shape index (κ3) is 4.21. The fraction of sp³-hybridized carbons (Fsp3) is 0.308. The maximum atomic E-state index is 11.9. The Kier molecular flexibility index (Phi) is 5.37. The third-order valence-electron chi connectivity index (χ3n) is 2.38. The second kappa shape index (κ2) is 7.25. The number of thioether (sulfide) groups is 1. The molecule has 7 heteroatoms. The van der Waals surface area contributed by atoms with Gasteiger partial charge >= 0.3 is 0 Å². The topological polar surface area (TPSA) is 64.1 Å². The molecule has 5 nitrogen and oxygen atoms in total. The van der Waals surface area contributed by atoms with E-state index in [1.807, 2.05) is 32.0 Å². The second-order valence-corrected chi connectivity index (χ2v) is 6.03. The molecule has 0 atom stereocenters. The summed E-state index contributed by atoms with van der Waals surface area (Å²) in [5.74, 6) is 0.908. The van der Waals surface area contributed by atoms with Gasteiger partial charge in [0.15, 0.2) is 4.34 Å². The highest BCUT2D eigenvalue weighted by Crippen LogP contribution is 2.26. The van der Waals surface area contributed by atoms with Gasteiger partial charge in [0.05, 0.1) is 18.0 Å². The van der Waals surface area contributed by atoms with Gasteiger partial charge in [0.25, 0.3) is 0 Å². The van der Waals surface area contributed by atoms with Crippen LogP contribution in [-0.2, 0) is 4.79 Å². The minimum atomic E-state index is -0.0880. The largest absolute Gasteiger partial charge is 0.492 e. The summed E-state index contributed by atoms with van der Waals surface area (Å²) >= 11 is 2.79. The van der Waals surface area contributed by atoms with Crippen LogP contribution in [0.2, 0.25) is 0 Å². The quantitative estimate of drug-likeness (QED) is 0.831. The minimum Gasteiger partial charge on any atom is -0.492 e. The molecule has 2 rings (SSSR count). The van der Waals surface area contributed by atoms with E-state index in [2.05, 4.69) is 15.5 Å². The van der Waals surface area contributed by atoms with Crippen molar-refractivity contribution >= 4 is 34.7 Å². The molecule has 1 heterocycles. The summed E-state index contributed by atoms with van der Waals surface area (Å²) < 4.78 is 6.31. The standard InChI is InChI=1S/C13H15N3O2S2/c1-3-18-11-6-9(2)4-5-10(11)15-12(17)7-19-13-16-14-8-20-13/h4-6,8H,3,7H2,1-2H3,(H,15,17). The van der Waals surface area contributed by atoms with Gasteiger partial charge in [-0.25, -0.2) is 0 Å². The maximum absolute atomic E-state index is 11.9. The van der Waals surface area contributed by atoms with Gasteiger partial charge in [-0.05, 0) is 31.5 Å². The monoisotopic (exact) mass is 309 g/mol. The first-order chi connectivity index (χ1) is 9.69. The molecule has 20 heavy (non-hydrogen) atoms. The molecule has 0 bridgehead atoms. The van der Waals surface area contributed by atoms with Crippen LogP contribution in [0.4, 0.5) is 5.69 Å². The van der Waals surface area contributed by atoms with Crippen molar-refractivity contribution < 1.29 is 9.53 Å². The fourth-order valence-corrected chi connectivity index (χ4v) is 2.84. The number of hydrogen-bond donors (Lipinski definition) is 1. The van der Waals surface area contributed by atoms with Crippen LogP contribution >= 0.6 is 23.1 Å². The second-order valence-electron chi connectivity index (χ2n) is 3.97. The van der Waals surface area contributed by atoms with Crippen molar-refractivity contribution in [3.05, 3.63) is 29.3 Å². The summed E-state index contributed by atoms with van der Waals surface area (Å²) in [6, 6.07) is 5.71. The molecule has 1 N–H and O–H groups in total. The van der Waals surface area contributed by atoms with Gasteiger partial charge in [-0.3, -0.25) is 4.79 Å². The summed E-state index contributed by atoms with van der Waals surface area (Å²) in [5.41, 5.74) is 3.43. The van der Waals surface area contributed by atoms with E-state index in [1.54, 1.807) is 5.51 Å². The summed E-state index contributed by atoms with van der Waals surface area (Å²) in [6.07, 6.45) is 0. The lowest BCUT2D eigenvalue weighted by Crippen LogP contribution is -2.15. The van der Waals surface area contributed by atoms with Gasteiger partial charge < -0.3 is 10.1 Å². The number of carbonyl (C=O) groups excluding carboxylic acids is 1. The van der Waals surface area contributed by atoms with Crippen LogP contribution in [0.5, 0.6) is 5.75 Å². The van der Waals surface area contributed by atoms with Gasteiger partial charge in [0.1, 0.15) is 11.3 Å². The third-order valence-corrected chi connectivity index (χ3v) is 4.24. The summed E-state index contributed by atoms with van der Waals surface area (Å²) in [6.45, 7) is 4.46. The van der Waals surface area contributed by atoms with Crippen LogP contribution in [0, 0.1) is 6.92 Å². The summed E-state index contributed by atoms with van der Waals surface area (Å²) in [5, 5.41) is 10.5. The molecule has 2 aromatic rings. The molecule has 0 radical (unpaired) electrons. The highest BCUT2D eigenvalue weighted by molar-refractivity contribution is 8.01. The maximum Gasteiger partial charge on any atom is 0.234 e. The average molecular weight is 309 g/mol. The van der Waals surface area contributed by atoms with Crippen LogP contribution in [0.15, 0.2) is 28.0 Å². The highest BCUT2D eigenvalue weighted by Gasteiger charge is 2.09. The van der Waals surface area contributed by atoms with E-state index in [0.717, 1.165) is 9.90 Å². The number of hydrogen-bond acceptors (Lipinski definition) is 6. The Morgan fingerprint density at radius 1 is 1.50 bits per heavy atom. The van der Waals surface area contributed by atoms with E-state index in [-0.39, 0.29) is 5.91 Å². The van der Waals surface area contributed by atoms with Crippen molar-refractivity contribution in [2.75, 3.05) is 17.7 Å². The molecule has 0 aliphatic carbocycles. The molecule has 1 aromatic carbocycles. The average Bonchev–Trinajstić information content (AvgIpc) is 2.93. The zero-order chi connectivity index (χ0) is 14.4. The number of rotatable bonds is 6. The van der Waals surface area contributed by atoms with Crippen LogP contribution in [-0.4, -0.2) is 28.5 Å². The molecule has 1 aromatic heterocycles. The minimum absolute atomic E-state index is 0.0880. The van der Waals surface area contributed by atoms with Crippen molar-refractivity contribution in [3.63, 3.8) is 0 Å². The van der Waals surface area contributed by atoms with Crippen LogP contribution in [0.3, 0.4) is 0 Å². The molecule has 0 saturated heterocycles. The molecule has 0 unspecified atom stereocenters. The first-order valence-corrected chi connectivity index (χ1v) is 7.98. The van der Waals surface area contributed by atoms with Gasteiger partial charge in [-0.15, -0.1) is 10.2 Å². The predicted octanol–water partition coefficient (Wildman–Crippen LogP) is 2.98. The van der Waals surface area contributed by atoms with Gasteiger partial charge in [-0.1, -0.05) is 29.2 Å². The molecule has 0 fully saturated rings. The Morgan fingerprint density at radius 3 is 3.05 bits per heavy atom. The first kappa shape index (κ1) is 14.8. The molecule has 1 amide bonds. The number of aromatic nitrogens is 2. The van der Waals surface area contributed by atoms with Crippen molar-refractivity contribution in [1.82, 2.24) is 10.2 Å². The SMILES string of the molecule is CCOc1cc(C)ccc1NC(=O)CSc1nncs1. The van der Waals surface area contributed by atoms with E-state index in [1.165, 1.54) is 23.1 Å². The zero-order valence-electron chi connectivity index (χ0n) is 11.3. The summed E-state index contributed by atoms with van der Waals surface area (Å²) in [4.78, 5) is 11.9. The molecule has 106 valence electrons. The van der Waals surface area contributed by atoms with Crippen molar-refractivity contribution in [2.45, 2.75) is 18.2 Å². The Labute approximate surface area is 125 Å². The zero-order valence-corrected chi connectivity index (χ0v) is 12.9. The van der Waals surface area contributed by atoms with Crippen LogP contribution < -0.4 is 10.1 Å². The van der Waals surface area contributed by atoms with E-state index in [4.69, 9.17) is 4.74 Å². The lowest BCUT2D eigenvalue weighted by Gasteiger charge is -2.12. The number of benzene rings is 1. The number of carbonyl (C=O) groups is 1. The Bertz CT molecular complexity index is 573. The van der Waals surface area contributed by atoms with Crippen molar-refractivity contribution in [1.29, 1.82) is 0 Å². The van der Waals surface area contributed by atoms with E-state index in [9.17, 15) is 4.79 Å². The molecule has 0 saturated carbocycles. The van der Waals surface area contributed by atoms with Crippen molar-refractivity contribution in [2.24, 2.45) is 0 Å². The van der Waals surface area contributed by atoms with Gasteiger partial charge in [-0.2, -0.15) is 0 Å². The number of anilines is 1. The first-order valence-electron chi connectivity index (χ1n) is 6.11. The predicted molar refractivity (Wildman–Crippen MR) is 81.6 cm³/mol. The Morgan fingerprint density at radius 2 is 2.35 bits per heavy atom. The van der Waals surface area contributed by atoms with E-state index >= 15 is 0 Å². The molecular formula is C13H15N3O2S2.